The van der Waals surface area contributed by atoms with Crippen LogP contribution < -0.4 is 11.1 Å². The fourth-order valence-electron chi connectivity index (χ4n) is 4.29. The summed E-state index contributed by atoms with van der Waals surface area (Å²) in [6, 6.07) is 9.35. The molecule has 1 fully saturated rings. The number of carbonyl (C=O) groups excluding carboxylic acids is 3. The van der Waals surface area contributed by atoms with Crippen molar-refractivity contribution in [1.82, 2.24) is 10.2 Å². The third-order valence-corrected chi connectivity index (χ3v) is 5.83. The number of nitrogens with two attached hydrogens (primary N) is 1. The molecule has 6 heteroatoms. The van der Waals surface area contributed by atoms with Gasteiger partial charge in [0, 0.05) is 24.9 Å². The summed E-state index contributed by atoms with van der Waals surface area (Å²) in [4.78, 5) is 40.3. The molecule has 3 amide bonds. The third-order valence-electron chi connectivity index (χ3n) is 5.83. The number of hydrogen-bond acceptors (Lipinski definition) is 3. The second-order valence-electron chi connectivity index (χ2n) is 8.84. The third kappa shape index (κ3) is 6.85. The smallest absolute Gasteiger partial charge is 0.245 e. The van der Waals surface area contributed by atoms with Crippen molar-refractivity contribution in [3.8, 4) is 0 Å². The highest BCUT2D eigenvalue weighted by Crippen LogP contribution is 2.26. The van der Waals surface area contributed by atoms with Gasteiger partial charge in [-0.3, -0.25) is 14.4 Å². The molecular weight excluding hydrogens is 378 g/mol. The van der Waals surface area contributed by atoms with E-state index in [1.807, 2.05) is 56.0 Å². The first kappa shape index (κ1) is 23.9. The van der Waals surface area contributed by atoms with Crippen LogP contribution in [0.5, 0.6) is 0 Å². The van der Waals surface area contributed by atoms with E-state index in [0.29, 0.717) is 32.4 Å². The van der Waals surface area contributed by atoms with Crippen LogP contribution in [-0.4, -0.2) is 35.2 Å². The quantitative estimate of drug-likeness (QED) is 0.614. The zero-order chi connectivity index (χ0) is 22.1. The molecule has 3 N–H and O–H groups in total. The summed E-state index contributed by atoms with van der Waals surface area (Å²) >= 11 is 0. The van der Waals surface area contributed by atoms with E-state index in [2.05, 4.69) is 5.32 Å². The number of amides is 3. The van der Waals surface area contributed by atoms with Crippen molar-refractivity contribution in [2.75, 3.05) is 6.54 Å². The van der Waals surface area contributed by atoms with E-state index in [0.717, 1.165) is 24.8 Å². The highest BCUT2D eigenvalue weighted by molar-refractivity contribution is 5.91. The molecule has 1 aromatic rings. The van der Waals surface area contributed by atoms with Crippen molar-refractivity contribution in [3.05, 3.63) is 35.9 Å². The lowest BCUT2D eigenvalue weighted by molar-refractivity contribution is -0.139. The molecule has 0 radical (unpaired) electrons. The van der Waals surface area contributed by atoms with Gasteiger partial charge in [0.1, 0.15) is 6.04 Å². The summed E-state index contributed by atoms with van der Waals surface area (Å²) in [6.07, 6.45) is 4.36. The summed E-state index contributed by atoms with van der Waals surface area (Å²) in [5.41, 5.74) is 6.71. The molecule has 3 atom stereocenters. The summed E-state index contributed by atoms with van der Waals surface area (Å²) in [7, 11) is 0. The Morgan fingerprint density at radius 1 is 1.17 bits per heavy atom. The first-order valence-corrected chi connectivity index (χ1v) is 11.3. The molecule has 1 aromatic carbocycles. The number of nitrogens with zero attached hydrogens (tertiary/aromatic N) is 1. The van der Waals surface area contributed by atoms with E-state index >= 15 is 0 Å². The van der Waals surface area contributed by atoms with Crippen molar-refractivity contribution < 1.29 is 14.4 Å². The fraction of sp³-hybridized carbons (Fsp3) is 0.625. The minimum absolute atomic E-state index is 0.0425. The topological polar surface area (TPSA) is 92.5 Å². The van der Waals surface area contributed by atoms with Crippen molar-refractivity contribution in [2.45, 2.75) is 71.9 Å². The van der Waals surface area contributed by atoms with Gasteiger partial charge in [0.05, 0.1) is 0 Å². The molecule has 0 spiro atoms. The van der Waals surface area contributed by atoms with E-state index in [1.165, 1.54) is 0 Å². The zero-order valence-electron chi connectivity index (χ0n) is 18.6. The molecule has 0 aliphatic carbocycles. The van der Waals surface area contributed by atoms with Crippen molar-refractivity contribution in [1.29, 1.82) is 0 Å². The summed E-state index contributed by atoms with van der Waals surface area (Å²) in [6.45, 7) is 7.28. The second kappa shape index (κ2) is 11.7. The summed E-state index contributed by atoms with van der Waals surface area (Å²) in [5.74, 6) is -1.45. The van der Waals surface area contributed by atoms with Crippen LogP contribution in [0.4, 0.5) is 0 Å². The van der Waals surface area contributed by atoms with Crippen LogP contribution in [-0.2, 0) is 20.9 Å². The van der Waals surface area contributed by atoms with E-state index < -0.39 is 23.8 Å². The van der Waals surface area contributed by atoms with Gasteiger partial charge >= 0.3 is 0 Å². The normalized spacial score (nSPS) is 19.3. The van der Waals surface area contributed by atoms with Gasteiger partial charge in [0.2, 0.25) is 17.7 Å². The van der Waals surface area contributed by atoms with Gasteiger partial charge in [-0.1, -0.05) is 57.5 Å². The summed E-state index contributed by atoms with van der Waals surface area (Å²) in [5, 5.41) is 2.99. The van der Waals surface area contributed by atoms with Crippen LogP contribution >= 0.6 is 0 Å². The Hall–Kier alpha value is -2.37. The Morgan fingerprint density at radius 3 is 2.47 bits per heavy atom. The standard InChI is InChI=1S/C24H37N3O3/c1-4-10-19(22(25)28)20(15-17(2)3)23(29)26-21-13-8-9-14-27(24(21)30)16-18-11-6-5-7-12-18/h5-7,11-12,17,19-21H,4,8-10,13-16H2,1-3H3,(H2,25,28)(H,26,29)/t19-,20+,21-/m0/s1. The Bertz CT molecular complexity index is 705. The molecule has 30 heavy (non-hydrogen) atoms. The van der Waals surface area contributed by atoms with Gasteiger partial charge in [-0.25, -0.2) is 0 Å². The lowest BCUT2D eigenvalue weighted by Gasteiger charge is -2.29. The predicted molar refractivity (Wildman–Crippen MR) is 118 cm³/mol. The number of rotatable bonds is 10. The van der Waals surface area contributed by atoms with Gasteiger partial charge in [0.15, 0.2) is 0 Å². The number of benzene rings is 1. The van der Waals surface area contributed by atoms with E-state index in [-0.39, 0.29) is 17.7 Å². The van der Waals surface area contributed by atoms with Gasteiger partial charge in [-0.05, 0) is 43.6 Å². The molecule has 1 saturated heterocycles. The first-order chi connectivity index (χ1) is 14.3. The minimum atomic E-state index is -0.548. The first-order valence-electron chi connectivity index (χ1n) is 11.3. The molecule has 1 heterocycles. The van der Waals surface area contributed by atoms with Crippen LogP contribution in [0.3, 0.4) is 0 Å². The van der Waals surface area contributed by atoms with Gasteiger partial charge < -0.3 is 16.0 Å². The molecule has 0 saturated carbocycles. The van der Waals surface area contributed by atoms with E-state index in [1.54, 1.807) is 0 Å². The lowest BCUT2D eigenvalue weighted by Crippen LogP contribution is -2.50. The van der Waals surface area contributed by atoms with Crippen molar-refractivity contribution in [2.24, 2.45) is 23.5 Å². The maximum absolute atomic E-state index is 13.2. The lowest BCUT2D eigenvalue weighted by atomic mass is 9.81. The average Bonchev–Trinajstić information content (AvgIpc) is 2.87. The second-order valence-corrected chi connectivity index (χ2v) is 8.84. The zero-order valence-corrected chi connectivity index (χ0v) is 18.6. The van der Waals surface area contributed by atoms with Gasteiger partial charge in [-0.2, -0.15) is 0 Å². The fourth-order valence-corrected chi connectivity index (χ4v) is 4.29. The number of primary amides is 1. The maximum atomic E-state index is 13.2. The summed E-state index contributed by atoms with van der Waals surface area (Å²) < 4.78 is 0. The SMILES string of the molecule is CCC[C@H](C(N)=O)[C@@H](CC(C)C)C(=O)N[C@H]1CCCCN(Cc2ccccc2)C1=O. The minimum Gasteiger partial charge on any atom is -0.369 e. The monoisotopic (exact) mass is 415 g/mol. The Morgan fingerprint density at radius 2 is 1.87 bits per heavy atom. The van der Waals surface area contributed by atoms with E-state index in [9.17, 15) is 14.4 Å². The predicted octanol–water partition coefficient (Wildman–Crippen LogP) is 3.25. The molecule has 6 nitrogen and oxygen atoms in total. The number of carbonyl (C=O) groups is 3. The van der Waals surface area contributed by atoms with Gasteiger partial charge in [-0.15, -0.1) is 0 Å². The van der Waals surface area contributed by atoms with Crippen molar-refractivity contribution >= 4 is 17.7 Å². The Kier molecular flexibility index (Phi) is 9.34. The Labute approximate surface area is 180 Å². The highest BCUT2D eigenvalue weighted by Gasteiger charge is 2.35. The largest absolute Gasteiger partial charge is 0.369 e. The van der Waals surface area contributed by atoms with Crippen LogP contribution in [0.25, 0.3) is 0 Å². The van der Waals surface area contributed by atoms with Crippen molar-refractivity contribution in [3.63, 3.8) is 0 Å². The average molecular weight is 416 g/mol. The van der Waals surface area contributed by atoms with E-state index in [4.69, 9.17) is 5.73 Å². The molecule has 0 aromatic heterocycles. The molecule has 1 aliphatic rings. The van der Waals surface area contributed by atoms with Crippen LogP contribution in [0, 0.1) is 17.8 Å². The van der Waals surface area contributed by atoms with Gasteiger partial charge in [0.25, 0.3) is 0 Å². The molecule has 1 aliphatic heterocycles. The Balaban J connectivity index is 2.13. The number of nitrogens with one attached hydrogen (secondary N) is 1. The van der Waals surface area contributed by atoms with Crippen LogP contribution in [0.1, 0.15) is 64.9 Å². The molecule has 166 valence electrons. The molecule has 0 bridgehead atoms. The number of likely N-dealkylation sites (tertiary alicyclic amines) is 1. The highest BCUT2D eigenvalue weighted by atomic mass is 16.2. The molecule has 2 rings (SSSR count). The molecular formula is C24H37N3O3. The maximum Gasteiger partial charge on any atom is 0.245 e. The van der Waals surface area contributed by atoms with Crippen LogP contribution in [0.15, 0.2) is 30.3 Å². The number of hydrogen-bond donors (Lipinski definition) is 2. The molecule has 0 unspecified atom stereocenters. The van der Waals surface area contributed by atoms with Crippen LogP contribution in [0.2, 0.25) is 0 Å².